The van der Waals surface area contributed by atoms with Crippen molar-refractivity contribution < 1.29 is 4.79 Å². The van der Waals surface area contributed by atoms with Crippen molar-refractivity contribution >= 4 is 11.6 Å². The minimum Gasteiger partial charge on any atom is -0.358 e. The molecule has 168 valence electrons. The van der Waals surface area contributed by atoms with Gasteiger partial charge >= 0.3 is 0 Å². The number of carbonyl (C=O) groups is 1. The maximum absolute atomic E-state index is 13.2. The van der Waals surface area contributed by atoms with Crippen molar-refractivity contribution in [2.75, 3.05) is 31.1 Å². The average molecular weight is 432 g/mol. The van der Waals surface area contributed by atoms with Gasteiger partial charge in [-0.3, -0.25) is 15.0 Å². The number of piperidine rings is 1. The van der Waals surface area contributed by atoms with Crippen molar-refractivity contribution in [3.05, 3.63) is 65.2 Å². The Morgan fingerprint density at radius 2 is 1.72 bits per heavy atom. The number of anilines is 1. The molecule has 1 spiro atoms. The predicted octanol–water partition coefficient (Wildman–Crippen LogP) is 2.15. The van der Waals surface area contributed by atoms with E-state index in [9.17, 15) is 4.79 Å². The molecule has 3 heterocycles. The topological polar surface area (TPSA) is 73.6 Å². The molecule has 32 heavy (non-hydrogen) atoms. The van der Waals surface area contributed by atoms with E-state index in [1.807, 2.05) is 0 Å². The number of likely N-dealkylation sites (tertiary alicyclic amines) is 1. The molecule has 0 aromatic heterocycles. The second-order valence-electron chi connectivity index (χ2n) is 10.0. The van der Waals surface area contributed by atoms with Crippen molar-refractivity contribution in [3.63, 3.8) is 0 Å². The average Bonchev–Trinajstić information content (AvgIpc) is 3.10. The number of carbonyl (C=O) groups excluding carboxylic acids is 1. The molecule has 6 rings (SSSR count). The molecule has 0 bridgehead atoms. The maximum atomic E-state index is 13.2. The molecule has 1 amide bonds. The maximum Gasteiger partial charge on any atom is 0.246 e. The van der Waals surface area contributed by atoms with E-state index in [1.54, 1.807) is 0 Å². The lowest BCUT2D eigenvalue weighted by molar-refractivity contribution is -0.127. The molecular weight excluding hydrogens is 398 g/mol. The fourth-order valence-electron chi connectivity index (χ4n) is 6.49. The van der Waals surface area contributed by atoms with Crippen LogP contribution in [0.15, 0.2) is 48.5 Å². The Kier molecular flexibility index (Phi) is 4.97. The van der Waals surface area contributed by atoms with Gasteiger partial charge in [-0.05, 0) is 60.3 Å². The van der Waals surface area contributed by atoms with Gasteiger partial charge in [0, 0.05) is 37.9 Å². The zero-order valence-corrected chi connectivity index (χ0v) is 18.6. The van der Waals surface area contributed by atoms with Crippen LogP contribution >= 0.6 is 0 Å². The normalized spacial score (nSPS) is 29.5. The first-order chi connectivity index (χ1) is 15.6. The highest BCUT2D eigenvalue weighted by molar-refractivity contribution is 5.87. The minimum absolute atomic E-state index is 0.0869. The van der Waals surface area contributed by atoms with E-state index in [-0.39, 0.29) is 29.7 Å². The van der Waals surface area contributed by atoms with E-state index >= 15 is 0 Å². The molecule has 6 heteroatoms. The van der Waals surface area contributed by atoms with Crippen molar-refractivity contribution in [2.24, 2.45) is 11.1 Å². The van der Waals surface area contributed by atoms with Gasteiger partial charge in [0.2, 0.25) is 5.91 Å². The number of aryl methyl sites for hydroxylation is 1. The first-order valence-electron chi connectivity index (χ1n) is 12.1. The van der Waals surface area contributed by atoms with Crippen molar-refractivity contribution in [2.45, 2.75) is 50.5 Å². The molecule has 2 unspecified atom stereocenters. The molecule has 0 saturated carbocycles. The molecule has 4 N–H and O–H groups in total. The standard InChI is InChI=1S/C26H33N5O/c27-23-20-9-3-1-7-19(20)16-26(23)11-14-30(15-12-26)25-28-17-22(24(32)29-25)31-13-5-8-18-6-2-4-10-21(18)31/h1-4,6-7,9-10,22-23,25,28H,5,8,11-17,27H2,(H,29,32)/t22?,23-,25?/m1/s1. The van der Waals surface area contributed by atoms with Gasteiger partial charge in [0.15, 0.2) is 0 Å². The fraction of sp³-hybridized carbons (Fsp3) is 0.500. The van der Waals surface area contributed by atoms with E-state index in [0.29, 0.717) is 6.54 Å². The van der Waals surface area contributed by atoms with Gasteiger partial charge in [-0.1, -0.05) is 42.5 Å². The molecule has 2 saturated heterocycles. The van der Waals surface area contributed by atoms with Crippen molar-refractivity contribution in [3.8, 4) is 0 Å². The van der Waals surface area contributed by atoms with Gasteiger partial charge in [-0.15, -0.1) is 0 Å². The van der Waals surface area contributed by atoms with Crippen LogP contribution in [0.1, 0.15) is 42.0 Å². The molecule has 2 aromatic rings. The minimum atomic E-state index is -0.151. The summed E-state index contributed by atoms with van der Waals surface area (Å²) in [6.45, 7) is 3.53. The zero-order chi connectivity index (χ0) is 21.7. The van der Waals surface area contributed by atoms with E-state index in [2.05, 4.69) is 69.0 Å². The third kappa shape index (κ3) is 3.24. The van der Waals surface area contributed by atoms with Crippen LogP contribution in [0.4, 0.5) is 5.69 Å². The number of nitrogens with two attached hydrogens (primary N) is 1. The predicted molar refractivity (Wildman–Crippen MR) is 126 cm³/mol. The highest BCUT2D eigenvalue weighted by Crippen LogP contribution is 2.50. The first kappa shape index (κ1) is 20.2. The Bertz CT molecular complexity index is 1010. The molecule has 6 nitrogen and oxygen atoms in total. The molecule has 4 aliphatic rings. The van der Waals surface area contributed by atoms with Crippen LogP contribution in [-0.4, -0.2) is 49.3 Å². The lowest BCUT2D eigenvalue weighted by atomic mass is 9.73. The van der Waals surface area contributed by atoms with Crippen LogP contribution in [-0.2, 0) is 17.6 Å². The van der Waals surface area contributed by atoms with E-state index in [0.717, 1.165) is 51.7 Å². The second kappa shape index (κ2) is 7.87. The largest absolute Gasteiger partial charge is 0.358 e. The van der Waals surface area contributed by atoms with Gasteiger partial charge < -0.3 is 16.0 Å². The van der Waals surface area contributed by atoms with Gasteiger partial charge in [0.1, 0.15) is 12.3 Å². The molecule has 2 fully saturated rings. The molecule has 0 radical (unpaired) electrons. The summed E-state index contributed by atoms with van der Waals surface area (Å²) >= 11 is 0. The lowest BCUT2D eigenvalue weighted by Crippen LogP contribution is -2.69. The van der Waals surface area contributed by atoms with Crippen LogP contribution < -0.4 is 21.3 Å². The van der Waals surface area contributed by atoms with E-state index in [4.69, 9.17) is 5.73 Å². The Morgan fingerprint density at radius 1 is 0.969 bits per heavy atom. The zero-order valence-electron chi connectivity index (χ0n) is 18.6. The molecule has 2 aromatic carbocycles. The number of nitrogens with zero attached hydrogens (tertiary/aromatic N) is 2. The molecule has 3 atom stereocenters. The van der Waals surface area contributed by atoms with Crippen molar-refractivity contribution in [1.82, 2.24) is 15.5 Å². The second-order valence-corrected chi connectivity index (χ2v) is 10.0. The SMILES string of the molecule is N[C@@H]1c2ccccc2CC12CCN(C1NCC(N3CCCc4ccccc43)C(=O)N1)CC2. The van der Waals surface area contributed by atoms with E-state index in [1.165, 1.54) is 22.4 Å². The number of amides is 1. The highest BCUT2D eigenvalue weighted by Gasteiger charge is 2.47. The smallest absolute Gasteiger partial charge is 0.246 e. The monoisotopic (exact) mass is 431 g/mol. The third-order valence-electron chi connectivity index (χ3n) is 8.36. The fourth-order valence-corrected chi connectivity index (χ4v) is 6.49. The summed E-state index contributed by atoms with van der Waals surface area (Å²) in [5.41, 5.74) is 12.2. The summed E-state index contributed by atoms with van der Waals surface area (Å²) in [6.07, 6.45) is 5.33. The van der Waals surface area contributed by atoms with Gasteiger partial charge in [-0.25, -0.2) is 0 Å². The van der Waals surface area contributed by atoms with Crippen LogP contribution in [0.2, 0.25) is 0 Å². The van der Waals surface area contributed by atoms with Crippen LogP contribution in [0.3, 0.4) is 0 Å². The number of para-hydroxylation sites is 1. The Balaban J connectivity index is 1.10. The Hall–Kier alpha value is -2.41. The lowest BCUT2D eigenvalue weighted by Gasteiger charge is -2.47. The van der Waals surface area contributed by atoms with Crippen LogP contribution in [0.25, 0.3) is 0 Å². The van der Waals surface area contributed by atoms with Gasteiger partial charge in [0.05, 0.1) is 0 Å². The first-order valence-corrected chi connectivity index (χ1v) is 12.1. The number of fused-ring (bicyclic) bond motifs is 2. The molecular formula is C26H33N5O. The highest BCUT2D eigenvalue weighted by atomic mass is 16.2. The summed E-state index contributed by atoms with van der Waals surface area (Å²) in [7, 11) is 0. The summed E-state index contributed by atoms with van der Waals surface area (Å²) in [6, 6.07) is 17.1. The summed E-state index contributed by atoms with van der Waals surface area (Å²) < 4.78 is 0. The summed E-state index contributed by atoms with van der Waals surface area (Å²) in [4.78, 5) is 17.8. The number of nitrogens with one attached hydrogen (secondary N) is 2. The summed E-state index contributed by atoms with van der Waals surface area (Å²) in [5.74, 6) is 0.135. The Morgan fingerprint density at radius 3 is 2.50 bits per heavy atom. The number of rotatable bonds is 2. The van der Waals surface area contributed by atoms with E-state index < -0.39 is 0 Å². The molecule has 3 aliphatic heterocycles. The van der Waals surface area contributed by atoms with Gasteiger partial charge in [0.25, 0.3) is 0 Å². The summed E-state index contributed by atoms with van der Waals surface area (Å²) in [5, 5.41) is 6.90. The molecule has 1 aliphatic carbocycles. The number of benzene rings is 2. The number of hydrogen-bond donors (Lipinski definition) is 3. The van der Waals surface area contributed by atoms with Crippen LogP contribution in [0, 0.1) is 5.41 Å². The Labute approximate surface area is 190 Å². The number of hydrogen-bond acceptors (Lipinski definition) is 5. The van der Waals surface area contributed by atoms with Gasteiger partial charge in [-0.2, -0.15) is 0 Å². The third-order valence-corrected chi connectivity index (χ3v) is 8.36. The van der Waals surface area contributed by atoms with Crippen molar-refractivity contribution in [1.29, 1.82) is 0 Å². The van der Waals surface area contributed by atoms with Crippen LogP contribution in [0.5, 0.6) is 0 Å². The quantitative estimate of drug-likeness (QED) is 0.680.